The monoisotopic (exact) mass is 507 g/mol. The Hall–Kier alpha value is -3.85. The molecule has 1 aliphatic heterocycles. The molecule has 0 spiro atoms. The zero-order valence-corrected chi connectivity index (χ0v) is 21.2. The van der Waals surface area contributed by atoms with Crippen LogP contribution in [0.15, 0.2) is 53.2 Å². The van der Waals surface area contributed by atoms with Crippen LogP contribution in [0.25, 0.3) is 16.7 Å². The molecule has 0 N–H and O–H groups in total. The first-order chi connectivity index (χ1) is 17.2. The molecule has 4 aromatic rings. The number of amides is 2. The Labute approximate surface area is 213 Å². The lowest BCUT2D eigenvalue weighted by Gasteiger charge is -2.46. The van der Waals surface area contributed by atoms with E-state index >= 15 is 0 Å². The Balaban J connectivity index is 1.34. The van der Waals surface area contributed by atoms with E-state index in [0.29, 0.717) is 47.4 Å². The van der Waals surface area contributed by atoms with Crippen molar-refractivity contribution in [3.63, 3.8) is 0 Å². The van der Waals surface area contributed by atoms with Crippen molar-refractivity contribution in [2.24, 2.45) is 0 Å². The van der Waals surface area contributed by atoms with Crippen LogP contribution in [0.2, 0.25) is 5.02 Å². The summed E-state index contributed by atoms with van der Waals surface area (Å²) in [4.78, 5) is 34.4. The molecule has 0 saturated carbocycles. The summed E-state index contributed by atoms with van der Waals surface area (Å²) >= 11 is 6.07. The number of hydrogen-bond donors (Lipinski definition) is 0. The fraction of sp³-hybridized carbons (Fsp3) is 0.308. The number of rotatable bonds is 4. The summed E-state index contributed by atoms with van der Waals surface area (Å²) in [7, 11) is 1.59. The number of benzene rings is 2. The molecule has 36 heavy (non-hydrogen) atoms. The molecular formula is C26H26ClN5O4. The van der Waals surface area contributed by atoms with E-state index in [4.69, 9.17) is 20.8 Å². The van der Waals surface area contributed by atoms with Gasteiger partial charge in [-0.1, -0.05) is 17.7 Å². The Kier molecular flexibility index (Phi) is 5.96. The van der Waals surface area contributed by atoms with Crippen LogP contribution in [-0.2, 0) is 0 Å². The standard InChI is InChI=1S/C26H26ClN5O4/c1-16-20-9-8-19(35-4)13-21(20)36-22(16)24(33)30-10-11-31(26(2,3)14-30)25(34)23-28-15-32(29-23)18-7-5-6-17(27)12-18/h5-9,12-13,15H,10-11,14H2,1-4H3. The second kappa shape index (κ2) is 8.98. The molecule has 186 valence electrons. The highest BCUT2D eigenvalue weighted by atomic mass is 35.5. The second-order valence-corrected chi connectivity index (χ2v) is 9.84. The third-order valence-corrected chi connectivity index (χ3v) is 6.77. The molecule has 9 nitrogen and oxygen atoms in total. The molecule has 1 fully saturated rings. The van der Waals surface area contributed by atoms with Gasteiger partial charge in [-0.2, -0.15) is 0 Å². The fourth-order valence-corrected chi connectivity index (χ4v) is 4.79. The normalized spacial score (nSPS) is 15.4. The van der Waals surface area contributed by atoms with E-state index in [-0.39, 0.29) is 17.6 Å². The zero-order chi connectivity index (χ0) is 25.6. The summed E-state index contributed by atoms with van der Waals surface area (Å²) in [6.45, 7) is 6.77. The molecule has 0 unspecified atom stereocenters. The summed E-state index contributed by atoms with van der Waals surface area (Å²) in [5.74, 6) is 0.557. The van der Waals surface area contributed by atoms with E-state index in [0.717, 1.165) is 10.9 Å². The van der Waals surface area contributed by atoms with E-state index in [1.807, 2.05) is 39.0 Å². The van der Waals surface area contributed by atoms with Crippen LogP contribution >= 0.6 is 11.6 Å². The van der Waals surface area contributed by atoms with E-state index < -0.39 is 5.54 Å². The molecule has 0 bridgehead atoms. The molecule has 2 aromatic carbocycles. The van der Waals surface area contributed by atoms with Gasteiger partial charge >= 0.3 is 0 Å². The average Bonchev–Trinajstić information content (AvgIpc) is 3.47. The maximum absolute atomic E-state index is 13.4. The molecule has 10 heteroatoms. The molecule has 0 radical (unpaired) electrons. The van der Waals surface area contributed by atoms with E-state index in [9.17, 15) is 9.59 Å². The third-order valence-electron chi connectivity index (χ3n) is 6.53. The predicted octanol–water partition coefficient (Wildman–Crippen LogP) is 4.36. The van der Waals surface area contributed by atoms with Crippen LogP contribution in [-0.4, -0.2) is 68.7 Å². The Bertz CT molecular complexity index is 1470. The van der Waals surface area contributed by atoms with E-state index in [2.05, 4.69) is 10.1 Å². The van der Waals surface area contributed by atoms with E-state index in [1.54, 1.807) is 41.2 Å². The largest absolute Gasteiger partial charge is 0.497 e. The van der Waals surface area contributed by atoms with Crippen LogP contribution in [0.5, 0.6) is 5.75 Å². The Morgan fingerprint density at radius 1 is 1.11 bits per heavy atom. The zero-order valence-electron chi connectivity index (χ0n) is 20.5. The summed E-state index contributed by atoms with van der Waals surface area (Å²) in [5.41, 5.74) is 1.45. The molecule has 2 aromatic heterocycles. The maximum Gasteiger partial charge on any atom is 0.294 e. The highest BCUT2D eigenvalue weighted by Crippen LogP contribution is 2.31. The van der Waals surface area contributed by atoms with Crippen molar-refractivity contribution < 1.29 is 18.7 Å². The number of furan rings is 1. The van der Waals surface area contributed by atoms with Gasteiger partial charge in [0.2, 0.25) is 5.82 Å². The smallest absolute Gasteiger partial charge is 0.294 e. The quantitative estimate of drug-likeness (QED) is 0.407. The van der Waals surface area contributed by atoms with Crippen molar-refractivity contribution in [1.82, 2.24) is 24.6 Å². The number of aromatic nitrogens is 3. The first-order valence-corrected chi connectivity index (χ1v) is 11.9. The van der Waals surface area contributed by atoms with Crippen LogP contribution < -0.4 is 4.74 Å². The number of methoxy groups -OCH3 is 1. The van der Waals surface area contributed by atoms with Crippen molar-refractivity contribution in [2.45, 2.75) is 26.3 Å². The molecule has 1 saturated heterocycles. The number of ether oxygens (including phenoxy) is 1. The van der Waals surface area contributed by atoms with Gasteiger partial charge in [0.05, 0.1) is 18.3 Å². The highest BCUT2D eigenvalue weighted by Gasteiger charge is 2.41. The van der Waals surface area contributed by atoms with Gasteiger partial charge in [-0.3, -0.25) is 9.59 Å². The van der Waals surface area contributed by atoms with Crippen LogP contribution in [0.4, 0.5) is 0 Å². The number of nitrogens with zero attached hydrogens (tertiary/aromatic N) is 5. The van der Waals surface area contributed by atoms with Crippen LogP contribution in [0.3, 0.4) is 0 Å². The van der Waals surface area contributed by atoms with Crippen molar-refractivity contribution in [3.8, 4) is 11.4 Å². The summed E-state index contributed by atoms with van der Waals surface area (Å²) < 4.78 is 12.7. The number of fused-ring (bicyclic) bond motifs is 1. The van der Waals surface area contributed by atoms with Gasteiger partial charge in [0, 0.05) is 41.7 Å². The molecule has 2 amide bonds. The van der Waals surface area contributed by atoms with Gasteiger partial charge in [0.25, 0.3) is 11.8 Å². The van der Waals surface area contributed by atoms with Gasteiger partial charge in [-0.15, -0.1) is 5.10 Å². The number of carbonyl (C=O) groups excluding carboxylic acids is 2. The van der Waals surface area contributed by atoms with Crippen molar-refractivity contribution in [1.29, 1.82) is 0 Å². The SMILES string of the molecule is COc1ccc2c(C)c(C(=O)N3CCN(C(=O)c4ncn(-c5cccc(Cl)c5)n4)C(C)(C)C3)oc2c1. The van der Waals surface area contributed by atoms with Crippen molar-refractivity contribution >= 4 is 34.4 Å². The average molecular weight is 508 g/mol. The maximum atomic E-state index is 13.4. The lowest BCUT2D eigenvalue weighted by atomic mass is 9.98. The minimum Gasteiger partial charge on any atom is -0.497 e. The van der Waals surface area contributed by atoms with Crippen molar-refractivity contribution in [2.75, 3.05) is 26.7 Å². The Morgan fingerprint density at radius 3 is 2.64 bits per heavy atom. The minimum absolute atomic E-state index is 0.0879. The molecule has 1 aliphatic rings. The molecule has 5 rings (SSSR count). The van der Waals surface area contributed by atoms with Gasteiger partial charge < -0.3 is 19.0 Å². The second-order valence-electron chi connectivity index (χ2n) is 9.41. The number of carbonyl (C=O) groups is 2. The summed E-state index contributed by atoms with van der Waals surface area (Å²) in [6.07, 6.45) is 1.49. The molecule has 0 aliphatic carbocycles. The van der Waals surface area contributed by atoms with Crippen LogP contribution in [0.1, 0.15) is 40.6 Å². The number of halogens is 1. The lowest BCUT2D eigenvalue weighted by molar-refractivity contribution is 0.0149. The minimum atomic E-state index is -0.643. The van der Waals surface area contributed by atoms with Gasteiger partial charge in [-0.05, 0) is 51.1 Å². The number of piperazine rings is 1. The van der Waals surface area contributed by atoms with Gasteiger partial charge in [0.1, 0.15) is 17.7 Å². The fourth-order valence-electron chi connectivity index (χ4n) is 4.61. The number of hydrogen-bond acceptors (Lipinski definition) is 6. The lowest BCUT2D eigenvalue weighted by Crippen LogP contribution is -2.62. The summed E-state index contributed by atoms with van der Waals surface area (Å²) in [5, 5.41) is 5.80. The highest BCUT2D eigenvalue weighted by molar-refractivity contribution is 6.30. The molecule has 0 atom stereocenters. The molecular weight excluding hydrogens is 482 g/mol. The first kappa shape index (κ1) is 23.9. The predicted molar refractivity (Wildman–Crippen MR) is 135 cm³/mol. The van der Waals surface area contributed by atoms with E-state index in [1.165, 1.54) is 11.0 Å². The topological polar surface area (TPSA) is 93.7 Å². The van der Waals surface area contributed by atoms with Gasteiger partial charge in [-0.25, -0.2) is 9.67 Å². The number of aryl methyl sites for hydroxylation is 1. The third kappa shape index (κ3) is 4.19. The van der Waals surface area contributed by atoms with Crippen LogP contribution in [0, 0.1) is 6.92 Å². The summed E-state index contributed by atoms with van der Waals surface area (Å²) in [6, 6.07) is 12.7. The first-order valence-electron chi connectivity index (χ1n) is 11.5. The van der Waals surface area contributed by atoms with Crippen molar-refractivity contribution in [3.05, 3.63) is 71.0 Å². The Morgan fingerprint density at radius 2 is 1.92 bits per heavy atom. The van der Waals surface area contributed by atoms with Gasteiger partial charge in [0.15, 0.2) is 5.76 Å². The molecule has 3 heterocycles.